The van der Waals surface area contributed by atoms with Crippen molar-refractivity contribution in [2.75, 3.05) is 19.8 Å². The first-order valence-corrected chi connectivity index (χ1v) is 32.1. The fourth-order valence-electron chi connectivity index (χ4n) is 10.7. The van der Waals surface area contributed by atoms with Crippen LogP contribution in [0.25, 0.3) is 0 Å². The Balaban J connectivity index is 1.63. The largest absolute Gasteiger partial charge is 0.394 e. The van der Waals surface area contributed by atoms with Crippen LogP contribution in [0.2, 0.25) is 0 Å². The quantitative estimate of drug-likeness (QED) is 0.0204. The number of rotatable bonds is 52. The molecule has 0 saturated carbocycles. The van der Waals surface area contributed by atoms with E-state index in [1.807, 2.05) is 6.08 Å². The molecule has 0 aromatic rings. The summed E-state index contributed by atoms with van der Waals surface area (Å²) in [5.41, 5.74) is 0. The summed E-state index contributed by atoms with van der Waals surface area (Å²) in [5, 5.41) is 87.0. The van der Waals surface area contributed by atoms with E-state index in [-0.39, 0.29) is 18.9 Å². The first-order valence-electron chi connectivity index (χ1n) is 32.1. The number of aliphatic hydroxyl groups excluding tert-OH is 8. The van der Waals surface area contributed by atoms with E-state index in [1.165, 1.54) is 212 Å². The molecule has 0 aromatic carbocycles. The lowest BCUT2D eigenvalue weighted by Crippen LogP contribution is -2.65. The summed E-state index contributed by atoms with van der Waals surface area (Å²) in [7, 11) is 0. The van der Waals surface area contributed by atoms with E-state index in [0.717, 1.165) is 38.5 Å². The Kier molecular flexibility index (Phi) is 45.7. The van der Waals surface area contributed by atoms with E-state index in [1.54, 1.807) is 6.08 Å². The first kappa shape index (κ1) is 71.6. The molecule has 2 saturated heterocycles. The normalized spacial score (nSPS) is 24.8. The summed E-state index contributed by atoms with van der Waals surface area (Å²) in [6, 6.07) is -0.910. The number of carbonyl (C=O) groups excluding carboxylic acids is 1. The molecule has 2 heterocycles. The fourth-order valence-corrected chi connectivity index (χ4v) is 10.7. The SMILES string of the molecule is CCCCCCCCCC/C=C\CCCCCCCCCCCCCCCCCCCCCC(=O)NC(COC1OC(CO)C(OC2OC(CO)C(O)C(O)C2O)C(O)C1O)C(O)/C=C/CCCCCCCCCCCC. The zero-order chi connectivity index (χ0) is 56.0. The second-order valence-corrected chi connectivity index (χ2v) is 22.9. The molecule has 0 radical (unpaired) electrons. The van der Waals surface area contributed by atoms with Gasteiger partial charge in [0.25, 0.3) is 0 Å². The van der Waals surface area contributed by atoms with Crippen molar-refractivity contribution in [1.82, 2.24) is 5.32 Å². The summed E-state index contributed by atoms with van der Waals surface area (Å²) in [6.07, 6.45) is 42.5. The van der Waals surface area contributed by atoms with Gasteiger partial charge in [0.1, 0.15) is 48.8 Å². The molecular weight excluding hydrogens is 979 g/mol. The van der Waals surface area contributed by atoms with Crippen LogP contribution in [-0.2, 0) is 23.7 Å². The molecule has 0 spiro atoms. The minimum Gasteiger partial charge on any atom is -0.394 e. The van der Waals surface area contributed by atoms with Gasteiger partial charge < -0.3 is 65.1 Å². The minimum absolute atomic E-state index is 0.236. The second-order valence-electron chi connectivity index (χ2n) is 22.9. The number of ether oxygens (including phenoxy) is 4. The number of amides is 1. The number of unbranched alkanes of at least 4 members (excludes halogenated alkanes) is 37. The maximum atomic E-state index is 13.3. The number of allylic oxidation sites excluding steroid dienone is 3. The Morgan fingerprint density at radius 1 is 0.455 bits per heavy atom. The number of nitrogens with one attached hydrogen (secondary N) is 1. The standard InChI is InChI=1S/C63H119NO13/c1-3-5-7-9-11-13-15-17-18-19-20-21-22-23-24-25-26-27-28-29-30-31-32-33-34-35-37-39-41-43-45-47-55(68)64-51(52(67)46-44-42-40-38-36-16-14-12-10-8-6-4-2)50-74-62-60(73)58(71)61(54(49-66)76-62)77-63-59(72)57(70)56(69)53(48-65)75-63/h19-20,44,46,51-54,56-63,65-67,69-73H,3-18,21-43,45,47-50H2,1-2H3,(H,64,68)/b20-19-,46-44+. The van der Waals surface area contributed by atoms with Gasteiger partial charge >= 0.3 is 0 Å². The highest BCUT2D eigenvalue weighted by molar-refractivity contribution is 5.76. The van der Waals surface area contributed by atoms with Crippen molar-refractivity contribution < 1.29 is 64.6 Å². The fraction of sp³-hybridized carbons (Fsp3) is 0.921. The van der Waals surface area contributed by atoms with Gasteiger partial charge in [0.15, 0.2) is 12.6 Å². The van der Waals surface area contributed by atoms with E-state index in [9.17, 15) is 45.6 Å². The molecule has 2 fully saturated rings. The van der Waals surface area contributed by atoms with Crippen molar-refractivity contribution in [3.8, 4) is 0 Å². The summed E-state index contributed by atoms with van der Waals surface area (Å²) in [5.74, 6) is -0.236. The zero-order valence-electron chi connectivity index (χ0n) is 49.0. The maximum Gasteiger partial charge on any atom is 0.220 e. The number of aliphatic hydroxyl groups is 8. The van der Waals surface area contributed by atoms with Crippen LogP contribution < -0.4 is 5.32 Å². The van der Waals surface area contributed by atoms with Gasteiger partial charge in [0.2, 0.25) is 5.91 Å². The highest BCUT2D eigenvalue weighted by Gasteiger charge is 2.51. The molecule has 2 aliphatic heterocycles. The summed E-state index contributed by atoms with van der Waals surface area (Å²) < 4.78 is 22.8. The Bertz CT molecular complexity index is 1390. The van der Waals surface area contributed by atoms with E-state index < -0.39 is 86.8 Å². The molecular formula is C63H119NO13. The highest BCUT2D eigenvalue weighted by Crippen LogP contribution is 2.30. The van der Waals surface area contributed by atoms with Gasteiger partial charge in [-0.25, -0.2) is 0 Å². The molecule has 454 valence electrons. The summed E-state index contributed by atoms with van der Waals surface area (Å²) >= 11 is 0. The molecule has 2 rings (SSSR count). The van der Waals surface area contributed by atoms with Crippen molar-refractivity contribution in [2.24, 2.45) is 0 Å². The van der Waals surface area contributed by atoms with Crippen LogP contribution in [0.15, 0.2) is 24.3 Å². The molecule has 0 bridgehead atoms. The molecule has 0 aliphatic carbocycles. The van der Waals surface area contributed by atoms with E-state index in [2.05, 4.69) is 31.3 Å². The Morgan fingerprint density at radius 2 is 0.818 bits per heavy atom. The van der Waals surface area contributed by atoms with Crippen molar-refractivity contribution in [3.05, 3.63) is 24.3 Å². The van der Waals surface area contributed by atoms with Crippen LogP contribution in [0.1, 0.15) is 277 Å². The molecule has 9 N–H and O–H groups in total. The average molecular weight is 1100 g/mol. The molecule has 2 aliphatic rings. The summed E-state index contributed by atoms with van der Waals surface area (Å²) in [6.45, 7) is 2.81. The molecule has 77 heavy (non-hydrogen) atoms. The number of hydrogen-bond donors (Lipinski definition) is 9. The Hall–Kier alpha value is -1.53. The minimum atomic E-state index is -1.79. The molecule has 0 aromatic heterocycles. The van der Waals surface area contributed by atoms with Gasteiger partial charge in [-0.1, -0.05) is 250 Å². The monoisotopic (exact) mass is 1100 g/mol. The Morgan fingerprint density at radius 3 is 1.23 bits per heavy atom. The molecule has 1 amide bonds. The van der Waals surface area contributed by atoms with Crippen LogP contribution in [-0.4, -0.2) is 140 Å². The lowest BCUT2D eigenvalue weighted by atomic mass is 9.97. The van der Waals surface area contributed by atoms with Crippen LogP contribution >= 0.6 is 0 Å². The van der Waals surface area contributed by atoms with Gasteiger partial charge in [0.05, 0.1) is 32.0 Å². The van der Waals surface area contributed by atoms with Gasteiger partial charge in [0, 0.05) is 6.42 Å². The molecule has 14 nitrogen and oxygen atoms in total. The lowest BCUT2D eigenvalue weighted by Gasteiger charge is -2.46. The van der Waals surface area contributed by atoms with Crippen LogP contribution in [0.3, 0.4) is 0 Å². The van der Waals surface area contributed by atoms with Crippen molar-refractivity contribution in [1.29, 1.82) is 0 Å². The van der Waals surface area contributed by atoms with Crippen molar-refractivity contribution in [2.45, 2.75) is 351 Å². The first-order chi connectivity index (χ1) is 37.6. The van der Waals surface area contributed by atoms with Crippen LogP contribution in [0.4, 0.5) is 0 Å². The third-order valence-corrected chi connectivity index (χ3v) is 15.9. The zero-order valence-corrected chi connectivity index (χ0v) is 49.0. The smallest absolute Gasteiger partial charge is 0.220 e. The number of carbonyl (C=O) groups is 1. The highest BCUT2D eigenvalue weighted by atomic mass is 16.7. The van der Waals surface area contributed by atoms with E-state index >= 15 is 0 Å². The van der Waals surface area contributed by atoms with Crippen LogP contribution in [0.5, 0.6) is 0 Å². The molecule has 12 atom stereocenters. The Labute approximate surface area is 468 Å². The van der Waals surface area contributed by atoms with E-state index in [0.29, 0.717) is 6.42 Å². The van der Waals surface area contributed by atoms with Gasteiger partial charge in [-0.2, -0.15) is 0 Å². The third kappa shape index (κ3) is 34.5. The number of hydrogen-bond acceptors (Lipinski definition) is 13. The van der Waals surface area contributed by atoms with Crippen molar-refractivity contribution in [3.63, 3.8) is 0 Å². The van der Waals surface area contributed by atoms with Gasteiger partial charge in [-0.3, -0.25) is 4.79 Å². The second kappa shape index (κ2) is 49.1. The molecule has 12 unspecified atom stereocenters. The molecule has 14 heteroatoms. The predicted octanol–water partition coefficient (Wildman–Crippen LogP) is 11.6. The predicted molar refractivity (Wildman–Crippen MR) is 309 cm³/mol. The van der Waals surface area contributed by atoms with Crippen molar-refractivity contribution >= 4 is 5.91 Å². The average Bonchev–Trinajstić information content (AvgIpc) is 3.43. The topological polar surface area (TPSA) is 228 Å². The lowest BCUT2D eigenvalue weighted by molar-refractivity contribution is -0.359. The third-order valence-electron chi connectivity index (χ3n) is 15.9. The van der Waals surface area contributed by atoms with E-state index in [4.69, 9.17) is 18.9 Å². The van der Waals surface area contributed by atoms with Gasteiger partial charge in [-0.15, -0.1) is 0 Å². The maximum absolute atomic E-state index is 13.3. The van der Waals surface area contributed by atoms with Gasteiger partial charge in [-0.05, 0) is 44.9 Å². The summed E-state index contributed by atoms with van der Waals surface area (Å²) in [4.78, 5) is 13.3. The van der Waals surface area contributed by atoms with Crippen LogP contribution in [0, 0.1) is 0 Å².